The Bertz CT molecular complexity index is 523. The fourth-order valence-electron chi connectivity index (χ4n) is 1.55. The smallest absolute Gasteiger partial charge is 0.182 e. The van der Waals surface area contributed by atoms with E-state index in [1.165, 1.54) is 0 Å². The van der Waals surface area contributed by atoms with Crippen molar-refractivity contribution < 1.29 is 4.74 Å². The number of benzene rings is 2. The minimum atomic E-state index is 0.258. The first-order valence-electron chi connectivity index (χ1n) is 5.33. The Morgan fingerprint density at radius 3 is 2.35 bits per heavy atom. The lowest BCUT2D eigenvalue weighted by Gasteiger charge is -2.05. The van der Waals surface area contributed by atoms with Crippen LogP contribution in [0.2, 0.25) is 5.02 Å². The molecular weight excluding hydrogens is 234 g/mol. The summed E-state index contributed by atoms with van der Waals surface area (Å²) in [6, 6.07) is 16.8. The second kappa shape index (κ2) is 5.51. The van der Waals surface area contributed by atoms with E-state index in [9.17, 15) is 5.21 Å². The summed E-state index contributed by atoms with van der Waals surface area (Å²) >= 11 is 5.99. The molecule has 3 heteroatoms. The van der Waals surface area contributed by atoms with Gasteiger partial charge in [0, 0.05) is 11.1 Å². The molecule has 0 bridgehead atoms. The molecule has 0 saturated heterocycles. The minimum Gasteiger partial charge on any atom is -0.624 e. The maximum Gasteiger partial charge on any atom is 0.182 e. The fourth-order valence-corrected chi connectivity index (χ4v) is 1.74. The highest BCUT2D eigenvalue weighted by molar-refractivity contribution is 6.31. The highest BCUT2D eigenvalue weighted by atomic mass is 35.5. The number of rotatable bonds is 3. The molecule has 0 aromatic heterocycles. The molecule has 0 atom stereocenters. The number of halogens is 1. The molecule has 0 fully saturated rings. The van der Waals surface area contributed by atoms with Crippen LogP contribution in [0.3, 0.4) is 0 Å². The number of hydroxylamine groups is 1. The van der Waals surface area contributed by atoms with Gasteiger partial charge in [-0.25, -0.2) is 4.74 Å². The van der Waals surface area contributed by atoms with Gasteiger partial charge in [0.15, 0.2) is 12.8 Å². The summed E-state index contributed by atoms with van der Waals surface area (Å²) in [4.78, 5) is 0. The number of hydrogen-bond donors (Lipinski definition) is 0. The molecular formula is C14H12ClNO. The first kappa shape index (κ1) is 11.7. The lowest BCUT2D eigenvalue weighted by Crippen LogP contribution is -2.06. The van der Waals surface area contributed by atoms with Gasteiger partial charge in [0.25, 0.3) is 0 Å². The summed E-state index contributed by atoms with van der Waals surface area (Å²) in [5.41, 5.74) is 1.71. The van der Waals surface area contributed by atoms with Crippen LogP contribution in [0.25, 0.3) is 0 Å². The van der Waals surface area contributed by atoms with Crippen molar-refractivity contribution in [2.24, 2.45) is 0 Å². The van der Waals surface area contributed by atoms with Crippen molar-refractivity contribution in [2.75, 3.05) is 0 Å². The molecule has 0 unspecified atom stereocenters. The molecule has 2 aromatic carbocycles. The zero-order valence-corrected chi connectivity index (χ0v) is 9.97. The molecule has 0 heterocycles. The van der Waals surface area contributed by atoms with Crippen LogP contribution in [-0.4, -0.2) is 11.0 Å². The Kier molecular flexibility index (Phi) is 3.78. The molecule has 86 valence electrons. The Morgan fingerprint density at radius 1 is 1.00 bits per heavy atom. The molecule has 0 amide bonds. The first-order chi connectivity index (χ1) is 8.25. The molecule has 0 spiro atoms. The maximum atomic E-state index is 11.7. The van der Waals surface area contributed by atoms with Crippen LogP contribution >= 0.6 is 11.6 Å². The van der Waals surface area contributed by atoms with Gasteiger partial charge in [-0.3, -0.25) is 0 Å². The van der Waals surface area contributed by atoms with Crippen molar-refractivity contribution in [3.05, 3.63) is 76.0 Å². The molecule has 2 nitrogen and oxygen atoms in total. The normalized spacial score (nSPS) is 11.5. The van der Waals surface area contributed by atoms with Gasteiger partial charge < -0.3 is 5.21 Å². The van der Waals surface area contributed by atoms with Gasteiger partial charge in [-0.1, -0.05) is 48.0 Å². The third-order valence-electron chi connectivity index (χ3n) is 2.38. The monoisotopic (exact) mass is 245 g/mol. The van der Waals surface area contributed by atoms with Crippen LogP contribution in [-0.2, 0) is 6.54 Å². The molecule has 17 heavy (non-hydrogen) atoms. The molecule has 2 rings (SSSR count). The Morgan fingerprint density at radius 2 is 1.65 bits per heavy atom. The Labute approximate surface area is 105 Å². The second-order valence-corrected chi connectivity index (χ2v) is 4.11. The maximum absolute atomic E-state index is 11.7. The largest absolute Gasteiger partial charge is 0.624 e. The molecule has 0 N–H and O–H groups in total. The Hall–Kier alpha value is -1.80. The fraction of sp³-hybridized carbons (Fsp3) is 0.0714. The van der Waals surface area contributed by atoms with E-state index in [1.807, 2.05) is 48.5 Å². The van der Waals surface area contributed by atoms with E-state index in [1.54, 1.807) is 12.3 Å². The van der Waals surface area contributed by atoms with E-state index in [4.69, 9.17) is 11.6 Å². The molecule has 0 saturated carbocycles. The average Bonchev–Trinajstić information content (AvgIpc) is 2.33. The van der Waals surface area contributed by atoms with E-state index in [2.05, 4.69) is 0 Å². The standard InChI is InChI=1S/C14H12ClNO/c15-14-9-5-4-8-13(14)11-16(17)10-12-6-2-1-3-7-12/h1-10H,11H2. The third kappa shape index (κ3) is 3.33. The predicted molar refractivity (Wildman–Crippen MR) is 70.4 cm³/mol. The summed E-state index contributed by atoms with van der Waals surface area (Å²) in [5.74, 6) is 0. The molecule has 2 aromatic rings. The Balaban J connectivity index is 2.15. The van der Waals surface area contributed by atoms with Crippen LogP contribution in [0, 0.1) is 5.21 Å². The van der Waals surface area contributed by atoms with E-state index >= 15 is 0 Å². The van der Waals surface area contributed by atoms with Crippen molar-refractivity contribution in [1.29, 1.82) is 0 Å². The summed E-state index contributed by atoms with van der Waals surface area (Å²) in [7, 11) is 0. The van der Waals surface area contributed by atoms with Crippen molar-refractivity contribution in [2.45, 2.75) is 6.54 Å². The van der Waals surface area contributed by atoms with Crippen LogP contribution in [0.4, 0.5) is 0 Å². The lowest BCUT2D eigenvalue weighted by molar-refractivity contribution is -0.469. The summed E-state index contributed by atoms with van der Waals surface area (Å²) in [6.07, 6.45) is 1.56. The number of nitrogens with zero attached hydrogens (tertiary/aromatic N) is 1. The van der Waals surface area contributed by atoms with E-state index < -0.39 is 0 Å². The van der Waals surface area contributed by atoms with Crippen molar-refractivity contribution in [1.82, 2.24) is 0 Å². The first-order valence-corrected chi connectivity index (χ1v) is 5.70. The highest BCUT2D eigenvalue weighted by Crippen LogP contribution is 2.15. The van der Waals surface area contributed by atoms with Gasteiger partial charge in [-0.2, -0.15) is 0 Å². The average molecular weight is 246 g/mol. The summed E-state index contributed by atoms with van der Waals surface area (Å²) < 4.78 is 0.885. The lowest BCUT2D eigenvalue weighted by atomic mass is 10.2. The second-order valence-electron chi connectivity index (χ2n) is 3.71. The zero-order chi connectivity index (χ0) is 12.1. The van der Waals surface area contributed by atoms with Crippen LogP contribution < -0.4 is 0 Å². The van der Waals surface area contributed by atoms with E-state index in [0.29, 0.717) is 5.02 Å². The van der Waals surface area contributed by atoms with Crippen LogP contribution in [0.1, 0.15) is 11.1 Å². The highest BCUT2D eigenvalue weighted by Gasteiger charge is 2.03. The van der Waals surface area contributed by atoms with Gasteiger partial charge >= 0.3 is 0 Å². The predicted octanol–water partition coefficient (Wildman–Crippen LogP) is 3.47. The SMILES string of the molecule is [O-][N+](=Cc1ccccc1)Cc1ccccc1Cl. The van der Waals surface area contributed by atoms with Crippen molar-refractivity contribution in [3.8, 4) is 0 Å². The van der Waals surface area contributed by atoms with Gasteiger partial charge in [-0.15, -0.1) is 0 Å². The number of hydrogen-bond acceptors (Lipinski definition) is 1. The zero-order valence-electron chi connectivity index (χ0n) is 9.21. The molecule has 0 aliphatic heterocycles. The van der Waals surface area contributed by atoms with Crippen LogP contribution in [0.5, 0.6) is 0 Å². The van der Waals surface area contributed by atoms with Crippen LogP contribution in [0.15, 0.2) is 54.6 Å². The van der Waals surface area contributed by atoms with Gasteiger partial charge in [0.1, 0.15) is 0 Å². The van der Waals surface area contributed by atoms with Gasteiger partial charge in [0.05, 0.1) is 5.02 Å². The minimum absolute atomic E-state index is 0.258. The summed E-state index contributed by atoms with van der Waals surface area (Å²) in [5, 5.41) is 12.4. The van der Waals surface area contributed by atoms with Gasteiger partial charge in [0.2, 0.25) is 0 Å². The van der Waals surface area contributed by atoms with E-state index in [-0.39, 0.29) is 6.54 Å². The van der Waals surface area contributed by atoms with Crippen molar-refractivity contribution >= 4 is 17.8 Å². The van der Waals surface area contributed by atoms with Gasteiger partial charge in [-0.05, 0) is 18.2 Å². The molecule has 0 radical (unpaired) electrons. The topological polar surface area (TPSA) is 26.1 Å². The summed E-state index contributed by atoms with van der Waals surface area (Å²) in [6.45, 7) is 0.258. The quantitative estimate of drug-likeness (QED) is 0.352. The molecule has 0 aliphatic rings. The van der Waals surface area contributed by atoms with E-state index in [0.717, 1.165) is 15.9 Å². The van der Waals surface area contributed by atoms with Crippen molar-refractivity contribution in [3.63, 3.8) is 0 Å². The molecule has 0 aliphatic carbocycles. The third-order valence-corrected chi connectivity index (χ3v) is 2.75.